The van der Waals surface area contributed by atoms with Crippen LogP contribution in [0.5, 0.6) is 0 Å². The van der Waals surface area contributed by atoms with Gasteiger partial charge in [0.1, 0.15) is 11.6 Å². The van der Waals surface area contributed by atoms with Crippen LogP contribution in [0.2, 0.25) is 0 Å². The molecule has 8 heteroatoms. The fraction of sp³-hybridized carbons (Fsp3) is 0.533. The van der Waals surface area contributed by atoms with Gasteiger partial charge in [0.2, 0.25) is 0 Å². The molecule has 1 aliphatic rings. The number of nitrogens with zero attached hydrogens (tertiary/aromatic N) is 4. The molecule has 1 atom stereocenters. The first-order valence-electron chi connectivity index (χ1n) is 7.51. The lowest BCUT2D eigenvalue weighted by Gasteiger charge is -2.24. The lowest BCUT2D eigenvalue weighted by molar-refractivity contribution is -0.141. The molecule has 0 bridgehead atoms. The van der Waals surface area contributed by atoms with Crippen LogP contribution in [0, 0.1) is 19.8 Å². The summed E-state index contributed by atoms with van der Waals surface area (Å²) in [4.78, 5) is 3.69. The zero-order valence-corrected chi connectivity index (χ0v) is 13.0. The van der Waals surface area contributed by atoms with Gasteiger partial charge in [-0.05, 0) is 37.8 Å². The highest BCUT2D eigenvalue weighted by Crippen LogP contribution is 2.30. The number of alkyl halides is 3. The van der Waals surface area contributed by atoms with Gasteiger partial charge in [-0.1, -0.05) is 0 Å². The van der Waals surface area contributed by atoms with Crippen molar-refractivity contribution in [2.45, 2.75) is 39.4 Å². The van der Waals surface area contributed by atoms with Crippen LogP contribution in [0.15, 0.2) is 12.3 Å². The van der Waals surface area contributed by atoms with E-state index in [4.69, 9.17) is 0 Å². The molecule has 1 N–H and O–H groups in total. The molecule has 0 saturated heterocycles. The summed E-state index contributed by atoms with van der Waals surface area (Å²) < 4.78 is 39.7. The monoisotopic (exact) mass is 325 g/mol. The van der Waals surface area contributed by atoms with E-state index in [9.17, 15) is 13.2 Å². The van der Waals surface area contributed by atoms with Crippen molar-refractivity contribution in [1.29, 1.82) is 0 Å². The van der Waals surface area contributed by atoms with Gasteiger partial charge in [0.25, 0.3) is 0 Å². The molecule has 5 nitrogen and oxygen atoms in total. The largest absolute Gasteiger partial charge is 0.434 e. The molecule has 3 rings (SSSR count). The third-order valence-electron chi connectivity index (χ3n) is 4.18. The fourth-order valence-corrected chi connectivity index (χ4v) is 2.70. The summed E-state index contributed by atoms with van der Waals surface area (Å²) in [5.41, 5.74) is 1.13. The quantitative estimate of drug-likeness (QED) is 0.942. The summed E-state index contributed by atoms with van der Waals surface area (Å²) in [7, 11) is 0. The number of aryl methyl sites for hydroxylation is 3. The number of fused-ring (bicyclic) bond motifs is 1. The molecule has 0 aromatic carbocycles. The van der Waals surface area contributed by atoms with Gasteiger partial charge in [0.15, 0.2) is 5.69 Å². The SMILES string of the molecule is Cc1cc(NC[C@H]2CCc3nc(C(F)(F)F)cn3C2)nnc1C. The van der Waals surface area contributed by atoms with Crippen molar-refractivity contribution < 1.29 is 13.2 Å². The topological polar surface area (TPSA) is 55.6 Å². The van der Waals surface area contributed by atoms with E-state index in [2.05, 4.69) is 20.5 Å². The normalized spacial score (nSPS) is 17.9. The minimum absolute atomic E-state index is 0.237. The number of rotatable bonds is 3. The highest BCUT2D eigenvalue weighted by Gasteiger charge is 2.35. The standard InChI is InChI=1S/C15H18F3N5/c1-9-5-13(22-21-10(9)2)19-6-11-3-4-14-20-12(15(16,17)18)8-23(14)7-11/h5,8,11H,3-4,6-7H2,1-2H3,(H,19,22)/t11-/m1/s1. The third-order valence-corrected chi connectivity index (χ3v) is 4.18. The Kier molecular flexibility index (Phi) is 3.99. The van der Waals surface area contributed by atoms with E-state index in [1.165, 1.54) is 0 Å². The van der Waals surface area contributed by atoms with Crippen LogP contribution in [0.25, 0.3) is 0 Å². The summed E-state index contributed by atoms with van der Waals surface area (Å²) in [6.07, 6.45) is -1.91. The molecular formula is C15H18F3N5. The number of imidazole rings is 1. The summed E-state index contributed by atoms with van der Waals surface area (Å²) in [6, 6.07) is 1.93. The number of hydrogen-bond acceptors (Lipinski definition) is 4. The van der Waals surface area contributed by atoms with Crippen LogP contribution < -0.4 is 5.32 Å². The van der Waals surface area contributed by atoms with Crippen LogP contribution in [0.3, 0.4) is 0 Å². The minimum atomic E-state index is -4.38. The molecule has 124 valence electrons. The van der Waals surface area contributed by atoms with Crippen molar-refractivity contribution in [2.75, 3.05) is 11.9 Å². The molecule has 0 radical (unpaired) electrons. The van der Waals surface area contributed by atoms with E-state index in [0.717, 1.165) is 23.9 Å². The lowest BCUT2D eigenvalue weighted by Crippen LogP contribution is -2.26. The fourth-order valence-electron chi connectivity index (χ4n) is 2.70. The molecule has 0 amide bonds. The predicted molar refractivity (Wildman–Crippen MR) is 79.0 cm³/mol. The molecule has 0 saturated carbocycles. The third kappa shape index (κ3) is 3.46. The van der Waals surface area contributed by atoms with Gasteiger partial charge in [-0.15, -0.1) is 5.10 Å². The molecule has 1 aliphatic heterocycles. The van der Waals surface area contributed by atoms with Crippen molar-refractivity contribution in [3.8, 4) is 0 Å². The van der Waals surface area contributed by atoms with Gasteiger partial charge in [0, 0.05) is 25.7 Å². The van der Waals surface area contributed by atoms with Crippen LogP contribution in [-0.4, -0.2) is 26.3 Å². The number of halogens is 3. The molecule has 2 aromatic rings. The maximum absolute atomic E-state index is 12.7. The Hall–Kier alpha value is -2.12. The molecular weight excluding hydrogens is 307 g/mol. The molecule has 0 fully saturated rings. The average molecular weight is 325 g/mol. The van der Waals surface area contributed by atoms with Gasteiger partial charge >= 0.3 is 6.18 Å². The van der Waals surface area contributed by atoms with Crippen molar-refractivity contribution >= 4 is 5.82 Å². The number of anilines is 1. The highest BCUT2D eigenvalue weighted by molar-refractivity contribution is 5.37. The van der Waals surface area contributed by atoms with Gasteiger partial charge < -0.3 is 9.88 Å². The summed E-state index contributed by atoms with van der Waals surface area (Å²) in [6.45, 7) is 5.04. The Morgan fingerprint density at radius 3 is 2.78 bits per heavy atom. The van der Waals surface area contributed by atoms with Crippen LogP contribution >= 0.6 is 0 Å². The number of aromatic nitrogens is 4. The summed E-state index contributed by atoms with van der Waals surface area (Å²) in [5.74, 6) is 1.45. The first kappa shape index (κ1) is 15.8. The lowest BCUT2D eigenvalue weighted by atomic mass is 9.99. The van der Waals surface area contributed by atoms with Gasteiger partial charge in [0.05, 0.1) is 5.69 Å². The van der Waals surface area contributed by atoms with Crippen molar-refractivity contribution in [3.63, 3.8) is 0 Å². The molecule has 23 heavy (non-hydrogen) atoms. The second kappa shape index (κ2) is 5.82. The smallest absolute Gasteiger partial charge is 0.368 e. The number of nitrogens with one attached hydrogen (secondary N) is 1. The van der Waals surface area contributed by atoms with Crippen LogP contribution in [-0.2, 0) is 19.1 Å². The molecule has 0 unspecified atom stereocenters. The molecule has 2 aromatic heterocycles. The Morgan fingerprint density at radius 2 is 2.09 bits per heavy atom. The Bertz CT molecular complexity index is 708. The minimum Gasteiger partial charge on any atom is -0.368 e. The van der Waals surface area contributed by atoms with Crippen molar-refractivity contribution in [2.24, 2.45) is 5.92 Å². The summed E-state index contributed by atoms with van der Waals surface area (Å²) >= 11 is 0. The van der Waals surface area contributed by atoms with Crippen LogP contribution in [0.1, 0.15) is 29.2 Å². The predicted octanol–water partition coefficient (Wildman–Crippen LogP) is 2.98. The van der Waals surface area contributed by atoms with Crippen molar-refractivity contribution in [3.05, 3.63) is 35.0 Å². The average Bonchev–Trinajstić information content (AvgIpc) is 2.92. The summed E-state index contributed by atoms with van der Waals surface area (Å²) in [5, 5.41) is 11.4. The van der Waals surface area contributed by atoms with E-state index in [1.807, 2.05) is 19.9 Å². The van der Waals surface area contributed by atoms with Crippen LogP contribution in [0.4, 0.5) is 19.0 Å². The second-order valence-corrected chi connectivity index (χ2v) is 5.98. The second-order valence-electron chi connectivity index (χ2n) is 5.98. The van der Waals surface area contributed by atoms with Gasteiger partial charge in [-0.2, -0.15) is 18.3 Å². The molecule has 3 heterocycles. The highest BCUT2D eigenvalue weighted by atomic mass is 19.4. The first-order valence-corrected chi connectivity index (χ1v) is 7.51. The number of hydrogen-bond donors (Lipinski definition) is 1. The maximum Gasteiger partial charge on any atom is 0.434 e. The Labute approximate surface area is 131 Å². The van der Waals surface area contributed by atoms with E-state index in [1.54, 1.807) is 4.57 Å². The van der Waals surface area contributed by atoms with Gasteiger partial charge in [-0.25, -0.2) is 4.98 Å². The van der Waals surface area contributed by atoms with E-state index in [-0.39, 0.29) is 5.92 Å². The first-order chi connectivity index (χ1) is 10.8. The zero-order valence-electron chi connectivity index (χ0n) is 13.0. The zero-order chi connectivity index (χ0) is 16.6. The Balaban J connectivity index is 1.63. The van der Waals surface area contributed by atoms with E-state index in [0.29, 0.717) is 31.2 Å². The van der Waals surface area contributed by atoms with Gasteiger partial charge in [-0.3, -0.25) is 0 Å². The molecule has 0 aliphatic carbocycles. The maximum atomic E-state index is 12.7. The molecule has 0 spiro atoms. The van der Waals surface area contributed by atoms with Crippen molar-refractivity contribution in [1.82, 2.24) is 19.7 Å². The van der Waals surface area contributed by atoms with E-state index < -0.39 is 11.9 Å². The van der Waals surface area contributed by atoms with E-state index >= 15 is 0 Å². The Morgan fingerprint density at radius 1 is 1.30 bits per heavy atom.